The van der Waals surface area contributed by atoms with Gasteiger partial charge >= 0.3 is 5.97 Å². The van der Waals surface area contributed by atoms with Crippen LogP contribution in [-0.4, -0.2) is 42.2 Å². The molecule has 164 valence electrons. The highest BCUT2D eigenvalue weighted by Gasteiger charge is 2.58. The summed E-state index contributed by atoms with van der Waals surface area (Å²) < 4.78 is 5.06. The molecule has 2 aromatic carbocycles. The van der Waals surface area contributed by atoms with Crippen LogP contribution >= 0.6 is 0 Å². The van der Waals surface area contributed by atoms with E-state index in [1.165, 1.54) is 23.8 Å². The van der Waals surface area contributed by atoms with Crippen LogP contribution in [0.1, 0.15) is 49.8 Å². The first-order valence-corrected chi connectivity index (χ1v) is 11.6. The quantitative estimate of drug-likeness (QED) is 0.728. The van der Waals surface area contributed by atoms with Gasteiger partial charge in [0.05, 0.1) is 13.5 Å². The molecule has 2 fully saturated rings. The lowest BCUT2D eigenvalue weighted by Gasteiger charge is -2.55. The van der Waals surface area contributed by atoms with Gasteiger partial charge in [-0.15, -0.1) is 0 Å². The first-order valence-electron chi connectivity index (χ1n) is 11.6. The fourth-order valence-corrected chi connectivity index (χ4v) is 6.60. The maximum absolute atomic E-state index is 12.3. The number of likely N-dealkylation sites (tertiary alicyclic amines) is 1. The van der Waals surface area contributed by atoms with Crippen molar-refractivity contribution in [2.45, 2.75) is 56.4 Å². The third kappa shape index (κ3) is 3.27. The third-order valence-corrected chi connectivity index (χ3v) is 8.83. The molecule has 0 spiro atoms. The smallest absolute Gasteiger partial charge is 0.306 e. The fraction of sp³-hybridized carbons (Fsp3) is 0.519. The Balaban J connectivity index is 1.39. The van der Waals surface area contributed by atoms with Crippen LogP contribution in [0.4, 0.5) is 0 Å². The lowest BCUT2D eigenvalue weighted by Crippen LogP contribution is -2.58. The van der Waals surface area contributed by atoms with E-state index in [1.54, 1.807) is 0 Å². The number of fused-ring (bicyclic) bond motifs is 4. The predicted octanol–water partition coefficient (Wildman–Crippen LogP) is 4.44. The molecule has 31 heavy (non-hydrogen) atoms. The van der Waals surface area contributed by atoms with E-state index >= 15 is 0 Å². The Labute approximate surface area is 185 Å². The van der Waals surface area contributed by atoms with Crippen molar-refractivity contribution in [2.75, 3.05) is 20.2 Å². The number of phenolic OH excluding ortho intramolecular Hbond substituents is 1. The Hall–Kier alpha value is -2.33. The van der Waals surface area contributed by atoms with Crippen molar-refractivity contribution in [1.82, 2.24) is 4.90 Å². The average molecular weight is 420 g/mol. The van der Waals surface area contributed by atoms with Crippen LogP contribution in [0.25, 0.3) is 0 Å². The van der Waals surface area contributed by atoms with Gasteiger partial charge in [0.1, 0.15) is 5.75 Å². The van der Waals surface area contributed by atoms with E-state index in [0.29, 0.717) is 30.0 Å². The maximum Gasteiger partial charge on any atom is 0.306 e. The standard InChI is InChI=1S/C27H33NO3/c1-18-24-13-19-9-10-22(29)14-23(19)26(18,2)11-12-28(24)17-21-15-27(21,16-25(30)31-3)20-7-5-4-6-8-20/h4-10,14,18,21,24,29H,11-13,15-17H2,1-3H3/t18-,21-,24?,26+,27+/m0/s1. The van der Waals surface area contributed by atoms with Gasteiger partial charge in [-0.3, -0.25) is 9.69 Å². The molecule has 1 N–H and O–H groups in total. The van der Waals surface area contributed by atoms with Gasteiger partial charge in [-0.05, 0) is 71.9 Å². The number of benzene rings is 2. The Morgan fingerprint density at radius 1 is 1.23 bits per heavy atom. The molecule has 4 nitrogen and oxygen atoms in total. The molecule has 1 unspecified atom stereocenters. The van der Waals surface area contributed by atoms with Crippen LogP contribution in [0.2, 0.25) is 0 Å². The van der Waals surface area contributed by atoms with Crippen molar-refractivity contribution in [3.8, 4) is 5.75 Å². The summed E-state index contributed by atoms with van der Waals surface area (Å²) >= 11 is 0. The van der Waals surface area contributed by atoms with Gasteiger partial charge in [0, 0.05) is 18.0 Å². The van der Waals surface area contributed by atoms with E-state index < -0.39 is 0 Å². The van der Waals surface area contributed by atoms with Gasteiger partial charge < -0.3 is 9.84 Å². The van der Waals surface area contributed by atoms with Crippen LogP contribution in [0, 0.1) is 11.8 Å². The number of rotatable bonds is 5. The molecule has 0 amide bonds. The van der Waals surface area contributed by atoms with Gasteiger partial charge in [-0.25, -0.2) is 0 Å². The molecule has 1 heterocycles. The number of aromatic hydroxyl groups is 1. The Kier molecular flexibility index (Phi) is 4.89. The Morgan fingerprint density at radius 2 is 2.00 bits per heavy atom. The first kappa shape index (κ1) is 20.6. The number of hydrogen-bond donors (Lipinski definition) is 1. The minimum absolute atomic E-state index is 0.0866. The monoisotopic (exact) mass is 419 g/mol. The van der Waals surface area contributed by atoms with Gasteiger partial charge in [-0.1, -0.05) is 50.2 Å². The van der Waals surface area contributed by atoms with E-state index in [0.717, 1.165) is 32.4 Å². The molecule has 4 heteroatoms. The second kappa shape index (κ2) is 7.37. The number of methoxy groups -OCH3 is 1. The minimum atomic E-state index is -0.114. The number of ether oxygens (including phenoxy) is 1. The zero-order valence-corrected chi connectivity index (χ0v) is 18.8. The molecule has 0 aromatic heterocycles. The number of phenols is 1. The van der Waals surface area contributed by atoms with E-state index in [1.807, 2.05) is 18.2 Å². The molecule has 5 rings (SSSR count). The van der Waals surface area contributed by atoms with E-state index in [-0.39, 0.29) is 16.8 Å². The molecular weight excluding hydrogens is 386 g/mol. The number of carbonyl (C=O) groups is 1. The molecule has 2 aromatic rings. The zero-order chi connectivity index (χ0) is 21.8. The summed E-state index contributed by atoms with van der Waals surface area (Å²) in [4.78, 5) is 14.9. The van der Waals surface area contributed by atoms with Gasteiger partial charge in [0.15, 0.2) is 0 Å². The van der Waals surface area contributed by atoms with Crippen molar-refractivity contribution in [3.63, 3.8) is 0 Å². The normalized spacial score (nSPS) is 34.1. The van der Waals surface area contributed by atoms with Crippen LogP contribution in [0.3, 0.4) is 0 Å². The Morgan fingerprint density at radius 3 is 2.74 bits per heavy atom. The van der Waals surface area contributed by atoms with Crippen molar-refractivity contribution < 1.29 is 14.6 Å². The highest BCUT2D eigenvalue weighted by atomic mass is 16.5. The molecule has 1 aliphatic heterocycles. The number of esters is 1. The largest absolute Gasteiger partial charge is 0.508 e. The van der Waals surface area contributed by atoms with Gasteiger partial charge in [0.2, 0.25) is 0 Å². The number of piperidine rings is 1. The van der Waals surface area contributed by atoms with E-state index in [4.69, 9.17) is 4.74 Å². The maximum atomic E-state index is 12.3. The third-order valence-electron chi connectivity index (χ3n) is 8.83. The van der Waals surface area contributed by atoms with Gasteiger partial charge in [-0.2, -0.15) is 0 Å². The molecule has 3 aliphatic rings. The lowest BCUT2D eigenvalue weighted by atomic mass is 9.59. The van der Waals surface area contributed by atoms with Crippen LogP contribution < -0.4 is 0 Å². The highest BCUT2D eigenvalue weighted by molar-refractivity contribution is 5.72. The predicted molar refractivity (Wildman–Crippen MR) is 121 cm³/mol. The molecule has 0 radical (unpaired) electrons. The Bertz CT molecular complexity index is 989. The summed E-state index contributed by atoms with van der Waals surface area (Å²) in [5.41, 5.74) is 4.01. The average Bonchev–Trinajstić information content (AvgIpc) is 3.47. The minimum Gasteiger partial charge on any atom is -0.508 e. The number of carbonyl (C=O) groups excluding carboxylic acids is 1. The molecule has 1 saturated carbocycles. The summed E-state index contributed by atoms with van der Waals surface area (Å²) in [6.07, 6.45) is 3.65. The fourth-order valence-electron chi connectivity index (χ4n) is 6.60. The van der Waals surface area contributed by atoms with Crippen molar-refractivity contribution in [3.05, 3.63) is 65.2 Å². The van der Waals surface area contributed by atoms with Crippen molar-refractivity contribution in [1.29, 1.82) is 0 Å². The van der Waals surface area contributed by atoms with Crippen molar-refractivity contribution >= 4 is 5.97 Å². The summed E-state index contributed by atoms with van der Waals surface area (Å²) in [5.74, 6) is 1.27. The molecule has 1 saturated heterocycles. The molecular formula is C27H33NO3. The van der Waals surface area contributed by atoms with Crippen LogP contribution in [0.15, 0.2) is 48.5 Å². The van der Waals surface area contributed by atoms with Gasteiger partial charge in [0.25, 0.3) is 0 Å². The summed E-state index contributed by atoms with van der Waals surface area (Å²) in [5, 5.41) is 10.1. The summed E-state index contributed by atoms with van der Waals surface area (Å²) in [6, 6.07) is 17.0. The van der Waals surface area contributed by atoms with Crippen molar-refractivity contribution in [2.24, 2.45) is 11.8 Å². The van der Waals surface area contributed by atoms with E-state index in [9.17, 15) is 9.90 Å². The lowest BCUT2D eigenvalue weighted by molar-refractivity contribution is -0.141. The first-order chi connectivity index (χ1) is 14.9. The zero-order valence-electron chi connectivity index (χ0n) is 18.8. The molecule has 2 aliphatic carbocycles. The second-order valence-electron chi connectivity index (χ2n) is 10.2. The molecule has 5 atom stereocenters. The second-order valence-corrected chi connectivity index (χ2v) is 10.2. The highest BCUT2D eigenvalue weighted by Crippen LogP contribution is 2.58. The number of nitrogens with zero attached hydrogens (tertiary/aromatic N) is 1. The van der Waals surface area contributed by atoms with Crippen LogP contribution in [0.5, 0.6) is 5.75 Å². The topological polar surface area (TPSA) is 49.8 Å². The van der Waals surface area contributed by atoms with Crippen LogP contribution in [-0.2, 0) is 26.8 Å². The SMILES string of the molecule is COC(=O)C[C@@]1(c2ccccc2)C[C@H]1CN1CC[C@@]2(C)c3cc(O)ccc3CC1[C@@H]2C. The summed E-state index contributed by atoms with van der Waals surface area (Å²) in [7, 11) is 1.49. The summed E-state index contributed by atoms with van der Waals surface area (Å²) in [6.45, 7) is 6.86. The number of hydrogen-bond acceptors (Lipinski definition) is 4. The van der Waals surface area contributed by atoms with E-state index in [2.05, 4.69) is 49.1 Å². The molecule has 2 bridgehead atoms.